The summed E-state index contributed by atoms with van der Waals surface area (Å²) in [5, 5.41) is 0. The van der Waals surface area contributed by atoms with Gasteiger partial charge in [-0.1, -0.05) is 18.2 Å². The van der Waals surface area contributed by atoms with Crippen LogP contribution >= 0.6 is 0 Å². The van der Waals surface area contributed by atoms with Gasteiger partial charge in [0.15, 0.2) is 23.1 Å². The first-order valence-corrected chi connectivity index (χ1v) is 10.7. The van der Waals surface area contributed by atoms with Crippen molar-refractivity contribution < 1.29 is 27.0 Å². The number of rotatable bonds is 9. The van der Waals surface area contributed by atoms with Crippen molar-refractivity contribution >= 4 is 0 Å². The topological polar surface area (TPSA) is 18.5 Å². The summed E-state index contributed by atoms with van der Waals surface area (Å²) in [5.41, 5.74) is 0.592. The minimum atomic E-state index is -0.974. The van der Waals surface area contributed by atoms with Crippen molar-refractivity contribution in [3.8, 4) is 11.5 Å². The maximum absolute atomic E-state index is 14.6. The fraction of sp³-hybridized carbons (Fsp3) is 0.440. The molecule has 2 aromatic rings. The molecule has 1 fully saturated rings. The van der Waals surface area contributed by atoms with Gasteiger partial charge in [0.2, 0.25) is 11.6 Å². The standard InChI is InChI=1S/C25H28F4O2/c1-3-4-5-14-30-20-13-11-19(23(27)25(20)29)18-9-7-17(8-10-18)15-31-21-12-6-16(2)22(26)24(21)28/h3,6,11-13,17-18H,1,4-5,7-10,14-15H2,2H3. The van der Waals surface area contributed by atoms with E-state index in [9.17, 15) is 17.6 Å². The van der Waals surface area contributed by atoms with E-state index >= 15 is 0 Å². The third-order valence-electron chi connectivity index (χ3n) is 5.89. The van der Waals surface area contributed by atoms with E-state index in [0.717, 1.165) is 19.3 Å². The van der Waals surface area contributed by atoms with Crippen molar-refractivity contribution in [3.63, 3.8) is 0 Å². The third kappa shape index (κ3) is 5.60. The van der Waals surface area contributed by atoms with Gasteiger partial charge < -0.3 is 9.47 Å². The lowest BCUT2D eigenvalue weighted by atomic mass is 9.79. The van der Waals surface area contributed by atoms with E-state index in [1.807, 2.05) is 0 Å². The van der Waals surface area contributed by atoms with Crippen LogP contribution in [0.5, 0.6) is 11.5 Å². The van der Waals surface area contributed by atoms with E-state index in [-0.39, 0.29) is 35.5 Å². The van der Waals surface area contributed by atoms with Gasteiger partial charge in [0.1, 0.15) is 0 Å². The molecule has 0 saturated heterocycles. The van der Waals surface area contributed by atoms with Gasteiger partial charge in [-0.2, -0.15) is 8.78 Å². The third-order valence-corrected chi connectivity index (χ3v) is 5.89. The number of aryl methyl sites for hydroxylation is 1. The Morgan fingerprint density at radius 2 is 1.52 bits per heavy atom. The maximum Gasteiger partial charge on any atom is 0.200 e. The second kappa shape index (κ2) is 10.7. The average molecular weight is 436 g/mol. The molecule has 0 bridgehead atoms. The first-order valence-electron chi connectivity index (χ1n) is 10.7. The Hall–Kier alpha value is -2.50. The normalized spacial score (nSPS) is 18.6. The molecule has 0 heterocycles. The van der Waals surface area contributed by atoms with Crippen molar-refractivity contribution in [2.24, 2.45) is 5.92 Å². The Morgan fingerprint density at radius 3 is 2.23 bits per heavy atom. The number of ether oxygens (including phenoxy) is 2. The SMILES string of the molecule is C=CCCCOc1ccc(C2CCC(COc3ccc(C)c(F)c3F)CC2)c(F)c1F. The van der Waals surface area contributed by atoms with Crippen LogP contribution in [0.1, 0.15) is 55.6 Å². The molecule has 0 atom stereocenters. The van der Waals surface area contributed by atoms with Crippen molar-refractivity contribution in [1.82, 2.24) is 0 Å². The molecular formula is C25H28F4O2. The van der Waals surface area contributed by atoms with Crippen molar-refractivity contribution in [2.45, 2.75) is 51.4 Å². The Labute approximate surface area is 180 Å². The zero-order chi connectivity index (χ0) is 22.4. The molecule has 168 valence electrons. The molecule has 1 saturated carbocycles. The fourth-order valence-corrected chi connectivity index (χ4v) is 3.97. The second-order valence-corrected chi connectivity index (χ2v) is 8.10. The van der Waals surface area contributed by atoms with Gasteiger partial charge in [0.05, 0.1) is 13.2 Å². The second-order valence-electron chi connectivity index (χ2n) is 8.10. The lowest BCUT2D eigenvalue weighted by molar-refractivity contribution is 0.191. The van der Waals surface area contributed by atoms with E-state index < -0.39 is 23.3 Å². The van der Waals surface area contributed by atoms with Crippen LogP contribution in [-0.2, 0) is 0 Å². The van der Waals surface area contributed by atoms with Gasteiger partial charge >= 0.3 is 0 Å². The van der Waals surface area contributed by atoms with E-state index in [1.165, 1.54) is 25.1 Å². The quantitative estimate of drug-likeness (QED) is 0.234. The Bertz CT molecular complexity index is 905. The largest absolute Gasteiger partial charge is 0.490 e. The van der Waals surface area contributed by atoms with Crippen molar-refractivity contribution in [3.05, 3.63) is 71.3 Å². The van der Waals surface area contributed by atoms with Crippen LogP contribution in [-0.4, -0.2) is 13.2 Å². The highest BCUT2D eigenvalue weighted by Gasteiger charge is 2.27. The number of halogens is 4. The van der Waals surface area contributed by atoms with Gasteiger partial charge in [-0.25, -0.2) is 8.78 Å². The minimum absolute atomic E-state index is 0.0697. The highest BCUT2D eigenvalue weighted by molar-refractivity contribution is 5.33. The van der Waals surface area contributed by atoms with E-state index in [0.29, 0.717) is 31.4 Å². The predicted molar refractivity (Wildman–Crippen MR) is 113 cm³/mol. The molecule has 2 aromatic carbocycles. The smallest absolute Gasteiger partial charge is 0.200 e. The van der Waals surface area contributed by atoms with Gasteiger partial charge in [-0.3, -0.25) is 0 Å². The van der Waals surface area contributed by atoms with Gasteiger partial charge in [0, 0.05) is 0 Å². The number of hydrogen-bond donors (Lipinski definition) is 0. The van der Waals surface area contributed by atoms with Crippen molar-refractivity contribution in [2.75, 3.05) is 13.2 Å². The van der Waals surface area contributed by atoms with E-state index in [4.69, 9.17) is 9.47 Å². The van der Waals surface area contributed by atoms with Crippen LogP contribution in [0.3, 0.4) is 0 Å². The predicted octanol–water partition coefficient (Wildman–Crippen LogP) is 7.25. The summed E-state index contributed by atoms with van der Waals surface area (Å²) in [4.78, 5) is 0. The molecule has 1 aliphatic carbocycles. The number of hydrogen-bond acceptors (Lipinski definition) is 2. The van der Waals surface area contributed by atoms with Gasteiger partial charge in [0.25, 0.3) is 0 Å². The highest BCUT2D eigenvalue weighted by Crippen LogP contribution is 2.39. The van der Waals surface area contributed by atoms with Crippen LogP contribution in [0.25, 0.3) is 0 Å². The summed E-state index contributed by atoms with van der Waals surface area (Å²) < 4.78 is 67.5. The summed E-state index contributed by atoms with van der Waals surface area (Å²) in [6.45, 7) is 5.68. The molecule has 6 heteroatoms. The maximum atomic E-state index is 14.6. The Kier molecular flexibility index (Phi) is 7.99. The van der Waals surface area contributed by atoms with Gasteiger partial charge in [-0.15, -0.1) is 6.58 Å². The zero-order valence-electron chi connectivity index (χ0n) is 17.7. The lowest BCUT2D eigenvalue weighted by Crippen LogP contribution is -2.20. The Balaban J connectivity index is 1.54. The lowest BCUT2D eigenvalue weighted by Gasteiger charge is -2.29. The highest BCUT2D eigenvalue weighted by atomic mass is 19.2. The summed E-state index contributed by atoms with van der Waals surface area (Å²) in [6, 6.07) is 6.01. The molecule has 3 rings (SSSR count). The number of unbranched alkanes of at least 4 members (excludes halogenated alkanes) is 1. The first kappa shape index (κ1) is 23.2. The molecule has 0 radical (unpaired) electrons. The monoisotopic (exact) mass is 436 g/mol. The molecule has 2 nitrogen and oxygen atoms in total. The summed E-state index contributed by atoms with van der Waals surface area (Å²) in [5.74, 6) is -3.77. The van der Waals surface area contributed by atoms with Crippen molar-refractivity contribution in [1.29, 1.82) is 0 Å². The number of allylic oxidation sites excluding steroid dienone is 1. The fourth-order valence-electron chi connectivity index (χ4n) is 3.97. The molecule has 0 aliphatic heterocycles. The molecule has 0 amide bonds. The molecular weight excluding hydrogens is 408 g/mol. The van der Waals surface area contributed by atoms with Crippen LogP contribution in [0, 0.1) is 36.1 Å². The summed E-state index contributed by atoms with van der Waals surface area (Å²) in [7, 11) is 0. The number of benzene rings is 2. The minimum Gasteiger partial charge on any atom is -0.490 e. The first-order chi connectivity index (χ1) is 14.9. The van der Waals surface area contributed by atoms with E-state index in [2.05, 4.69) is 6.58 Å². The molecule has 0 unspecified atom stereocenters. The molecule has 31 heavy (non-hydrogen) atoms. The molecule has 0 spiro atoms. The summed E-state index contributed by atoms with van der Waals surface area (Å²) >= 11 is 0. The zero-order valence-corrected chi connectivity index (χ0v) is 17.7. The van der Waals surface area contributed by atoms with Crippen LogP contribution in [0.2, 0.25) is 0 Å². The van der Waals surface area contributed by atoms with Gasteiger partial charge in [-0.05, 0) is 80.5 Å². The Morgan fingerprint density at radius 1 is 0.871 bits per heavy atom. The molecule has 0 N–H and O–H groups in total. The average Bonchev–Trinajstić information content (AvgIpc) is 2.78. The van der Waals surface area contributed by atoms with Crippen LogP contribution in [0.15, 0.2) is 36.9 Å². The molecule has 0 aromatic heterocycles. The van der Waals surface area contributed by atoms with E-state index in [1.54, 1.807) is 12.1 Å². The van der Waals surface area contributed by atoms with Crippen LogP contribution < -0.4 is 9.47 Å². The van der Waals surface area contributed by atoms with Crippen LogP contribution in [0.4, 0.5) is 17.6 Å². The summed E-state index contributed by atoms with van der Waals surface area (Å²) in [6.07, 6.45) is 6.02. The molecule has 1 aliphatic rings.